The summed E-state index contributed by atoms with van der Waals surface area (Å²) in [5, 5.41) is 13.4. The van der Waals surface area contributed by atoms with E-state index in [0.717, 1.165) is 10.8 Å². The molecule has 4 aromatic rings. The number of benzene rings is 3. The Kier molecular flexibility index (Phi) is 12.5. The lowest BCUT2D eigenvalue weighted by Gasteiger charge is -2.30. The molecule has 47 heavy (non-hydrogen) atoms. The van der Waals surface area contributed by atoms with Gasteiger partial charge in [0.2, 0.25) is 5.91 Å². The Morgan fingerprint density at radius 2 is 1.70 bits per heavy atom. The lowest BCUT2D eigenvalue weighted by Crippen LogP contribution is -2.44. The van der Waals surface area contributed by atoms with Crippen molar-refractivity contribution in [2.45, 2.75) is 45.6 Å². The topological polar surface area (TPSA) is 153 Å². The summed E-state index contributed by atoms with van der Waals surface area (Å²) in [4.78, 5) is 39.2. The molecular weight excluding hydrogens is 621 g/mol. The average molecular weight is 657 g/mol. The number of nitrogens with two attached hydrogens (primary N) is 1. The number of hydrogen-bond acceptors (Lipinski definition) is 9. The summed E-state index contributed by atoms with van der Waals surface area (Å²) in [6.07, 6.45) is -1.67. The zero-order valence-electron chi connectivity index (χ0n) is 26.1. The minimum Gasteiger partial charge on any atom is -0.490 e. The van der Waals surface area contributed by atoms with Crippen LogP contribution >= 0.6 is 0 Å². The number of hydrazine groups is 1. The number of rotatable bonds is 11. The van der Waals surface area contributed by atoms with Crippen LogP contribution in [0.3, 0.4) is 0 Å². The zero-order chi connectivity index (χ0) is 34.7. The van der Waals surface area contributed by atoms with Gasteiger partial charge in [-0.15, -0.1) is 0 Å². The fourth-order valence-corrected chi connectivity index (χ4v) is 4.40. The summed E-state index contributed by atoms with van der Waals surface area (Å²) < 4.78 is 48.4. The Morgan fingerprint density at radius 1 is 1.00 bits per heavy atom. The maximum atomic E-state index is 13.8. The van der Waals surface area contributed by atoms with E-state index >= 15 is 0 Å². The molecule has 0 radical (unpaired) electrons. The van der Waals surface area contributed by atoms with Crippen molar-refractivity contribution in [1.29, 1.82) is 0 Å². The number of aromatic nitrogens is 1. The molecule has 4 rings (SSSR count). The number of anilines is 1. The number of hydrogen-bond donors (Lipinski definition) is 3. The molecule has 1 heterocycles. The van der Waals surface area contributed by atoms with Crippen molar-refractivity contribution < 1.29 is 46.9 Å². The third kappa shape index (κ3) is 9.81. The lowest BCUT2D eigenvalue weighted by atomic mass is 10.0. The predicted molar refractivity (Wildman–Crippen MR) is 168 cm³/mol. The molecule has 1 atom stereocenters. The summed E-state index contributed by atoms with van der Waals surface area (Å²) in [6, 6.07) is 18.9. The molecule has 0 saturated heterocycles. The molecule has 11 nitrogen and oxygen atoms in total. The summed E-state index contributed by atoms with van der Waals surface area (Å²) in [6.45, 7) is 6.27. The molecule has 0 aliphatic heterocycles. The number of carboxylic acid groups (broad SMARTS) is 1. The number of alkyl halides is 3. The van der Waals surface area contributed by atoms with E-state index in [1.807, 2.05) is 45.0 Å². The van der Waals surface area contributed by atoms with Gasteiger partial charge in [0.25, 0.3) is 0 Å². The number of ether oxygens (including phenoxy) is 3. The molecule has 3 aromatic carbocycles. The number of aliphatic carboxylic acids is 1. The normalized spacial score (nSPS) is 11.6. The van der Waals surface area contributed by atoms with Gasteiger partial charge in [-0.2, -0.15) is 13.2 Å². The molecule has 250 valence electrons. The van der Waals surface area contributed by atoms with E-state index in [1.165, 1.54) is 12.1 Å². The van der Waals surface area contributed by atoms with Crippen molar-refractivity contribution in [3.8, 4) is 11.5 Å². The first-order chi connectivity index (χ1) is 22.3. The van der Waals surface area contributed by atoms with Crippen molar-refractivity contribution in [3.63, 3.8) is 0 Å². The molecule has 0 aliphatic carbocycles. The van der Waals surface area contributed by atoms with E-state index in [4.69, 9.17) is 30.0 Å². The Labute approximate surface area is 269 Å². The molecule has 0 bridgehead atoms. The van der Waals surface area contributed by atoms with Crippen LogP contribution in [0, 0.1) is 0 Å². The molecule has 1 amide bonds. The minimum absolute atomic E-state index is 0.0582. The predicted octanol–water partition coefficient (Wildman–Crippen LogP) is 5.58. The first-order valence-electron chi connectivity index (χ1n) is 14.3. The molecule has 1 unspecified atom stereocenters. The highest BCUT2D eigenvalue weighted by atomic mass is 19.4. The molecular formula is C33H35F3N4O7. The Hall–Kier alpha value is -5.37. The standard InChI is InChI=1S/C31H34N4O5.C2HF3O2/c1-5-39-28-17-22(11-13-27(28)40-20(2)3)29(35(32)25-12-10-23-18-33-15-14-21(23)16-25)30(36)34-19-24-8-6-7-9-26(24)31(37)38-4;3-2(4,5)1(6)7/h6-18,20,29H,5,19,32H2,1-4H3,(H,34,36);(H,6,7). The van der Waals surface area contributed by atoms with Crippen molar-refractivity contribution in [2.75, 3.05) is 18.7 Å². The number of carbonyl (C=O) groups excluding carboxylic acids is 2. The van der Waals surface area contributed by atoms with Gasteiger partial charge in [-0.25, -0.2) is 15.4 Å². The number of pyridine rings is 1. The number of amides is 1. The fraction of sp³-hybridized carbons (Fsp3) is 0.273. The average Bonchev–Trinajstić information content (AvgIpc) is 3.04. The smallest absolute Gasteiger partial charge is 0.490 e. The largest absolute Gasteiger partial charge is 0.490 e. The fourth-order valence-electron chi connectivity index (χ4n) is 4.40. The highest BCUT2D eigenvalue weighted by molar-refractivity contribution is 5.92. The molecule has 4 N–H and O–H groups in total. The van der Waals surface area contributed by atoms with Crippen LogP contribution in [0.1, 0.15) is 48.3 Å². The number of nitrogens with one attached hydrogen (secondary N) is 1. The minimum atomic E-state index is -5.08. The zero-order valence-corrected chi connectivity index (χ0v) is 26.1. The van der Waals surface area contributed by atoms with Gasteiger partial charge in [-0.1, -0.05) is 30.3 Å². The van der Waals surface area contributed by atoms with Gasteiger partial charge in [0.1, 0.15) is 6.04 Å². The van der Waals surface area contributed by atoms with Crippen LogP contribution in [0.15, 0.2) is 79.1 Å². The number of methoxy groups -OCH3 is 1. The first-order valence-corrected chi connectivity index (χ1v) is 14.3. The van der Waals surface area contributed by atoms with Gasteiger partial charge in [0.05, 0.1) is 31.1 Å². The molecule has 14 heteroatoms. The van der Waals surface area contributed by atoms with E-state index in [9.17, 15) is 22.8 Å². The molecule has 1 aromatic heterocycles. The van der Waals surface area contributed by atoms with Gasteiger partial charge in [0.15, 0.2) is 11.5 Å². The summed E-state index contributed by atoms with van der Waals surface area (Å²) in [5.41, 5.74) is 2.24. The van der Waals surface area contributed by atoms with Crippen LogP contribution < -0.4 is 25.6 Å². The van der Waals surface area contributed by atoms with Crippen molar-refractivity contribution in [2.24, 2.45) is 5.84 Å². The van der Waals surface area contributed by atoms with Gasteiger partial charge in [-0.05, 0) is 73.7 Å². The number of nitrogens with zero attached hydrogens (tertiary/aromatic N) is 2. The van der Waals surface area contributed by atoms with Crippen LogP contribution in [0.4, 0.5) is 18.9 Å². The molecule has 0 saturated carbocycles. The SMILES string of the molecule is CCOc1cc(C(C(=O)NCc2ccccc2C(=O)OC)N(N)c2ccc3cnccc3c2)ccc1OC(C)C.O=C(O)C(F)(F)F. The number of carbonyl (C=O) groups is 3. The van der Waals surface area contributed by atoms with Crippen LogP contribution in [0.5, 0.6) is 11.5 Å². The number of carboxylic acids is 1. The maximum Gasteiger partial charge on any atom is 0.490 e. The van der Waals surface area contributed by atoms with E-state index in [2.05, 4.69) is 10.3 Å². The summed E-state index contributed by atoms with van der Waals surface area (Å²) in [5.74, 6) is 4.18. The second kappa shape index (κ2) is 16.3. The summed E-state index contributed by atoms with van der Waals surface area (Å²) >= 11 is 0. The molecule has 0 spiro atoms. The third-order valence-corrected chi connectivity index (χ3v) is 6.51. The van der Waals surface area contributed by atoms with E-state index in [0.29, 0.717) is 40.5 Å². The highest BCUT2D eigenvalue weighted by Gasteiger charge is 2.38. The Bertz CT molecular complexity index is 1700. The number of halogens is 3. The van der Waals surface area contributed by atoms with Crippen molar-refractivity contribution in [3.05, 3.63) is 95.8 Å². The molecule has 0 aliphatic rings. The van der Waals surface area contributed by atoms with Crippen LogP contribution in [-0.2, 0) is 20.9 Å². The van der Waals surface area contributed by atoms with Gasteiger partial charge < -0.3 is 24.6 Å². The monoisotopic (exact) mass is 656 g/mol. The van der Waals surface area contributed by atoms with Crippen molar-refractivity contribution in [1.82, 2.24) is 10.3 Å². The van der Waals surface area contributed by atoms with Crippen LogP contribution in [-0.4, -0.2) is 53.9 Å². The van der Waals surface area contributed by atoms with Gasteiger partial charge in [-0.3, -0.25) is 14.8 Å². The number of fused-ring (bicyclic) bond motifs is 1. The second-order valence-electron chi connectivity index (χ2n) is 10.2. The number of esters is 1. The third-order valence-electron chi connectivity index (χ3n) is 6.51. The highest BCUT2D eigenvalue weighted by Crippen LogP contribution is 2.35. The van der Waals surface area contributed by atoms with Crippen molar-refractivity contribution >= 4 is 34.3 Å². The van der Waals surface area contributed by atoms with Gasteiger partial charge in [0, 0.05) is 24.3 Å². The van der Waals surface area contributed by atoms with Gasteiger partial charge >= 0.3 is 18.1 Å². The maximum absolute atomic E-state index is 13.8. The summed E-state index contributed by atoms with van der Waals surface area (Å²) in [7, 11) is 1.32. The second-order valence-corrected chi connectivity index (χ2v) is 10.2. The van der Waals surface area contributed by atoms with Crippen LogP contribution in [0.25, 0.3) is 10.8 Å². The Balaban J connectivity index is 0.000000771. The Morgan fingerprint density at radius 3 is 2.34 bits per heavy atom. The van der Waals surface area contributed by atoms with Crippen LogP contribution in [0.2, 0.25) is 0 Å². The van der Waals surface area contributed by atoms with E-state index in [1.54, 1.807) is 54.9 Å². The van der Waals surface area contributed by atoms with E-state index < -0.39 is 24.2 Å². The van der Waals surface area contributed by atoms with E-state index in [-0.39, 0.29) is 18.6 Å². The first kappa shape index (κ1) is 36.1. The lowest BCUT2D eigenvalue weighted by molar-refractivity contribution is -0.192. The quantitative estimate of drug-likeness (QED) is 0.106. The molecule has 0 fully saturated rings.